The molecule has 0 aromatic rings. The van der Waals surface area contributed by atoms with Crippen molar-refractivity contribution in [1.82, 2.24) is 20.4 Å². The van der Waals surface area contributed by atoms with Crippen LogP contribution in [0, 0.1) is 0 Å². The minimum absolute atomic E-state index is 0.120. The van der Waals surface area contributed by atoms with Gasteiger partial charge in [-0.3, -0.25) is 9.69 Å². The van der Waals surface area contributed by atoms with Crippen LogP contribution in [0.2, 0.25) is 0 Å². The number of hydrogen-bond donors (Lipinski definition) is 2. The maximum absolute atomic E-state index is 11.4. The molecule has 0 aromatic heterocycles. The number of hydrogen-bond acceptors (Lipinski definition) is 4. The van der Waals surface area contributed by atoms with E-state index in [0.29, 0.717) is 12.6 Å². The number of amides is 3. The molecule has 3 amide bonds. The Hall–Kier alpha value is -1.14. The van der Waals surface area contributed by atoms with E-state index >= 15 is 0 Å². The summed E-state index contributed by atoms with van der Waals surface area (Å²) < 4.78 is 0. The van der Waals surface area contributed by atoms with Gasteiger partial charge in [-0.15, -0.1) is 0 Å². The van der Waals surface area contributed by atoms with Crippen molar-refractivity contribution in [2.45, 2.75) is 18.9 Å². The fourth-order valence-corrected chi connectivity index (χ4v) is 2.33. The first-order chi connectivity index (χ1) is 8.18. The topological polar surface area (TPSA) is 64.7 Å². The molecule has 2 saturated heterocycles. The molecule has 0 bridgehead atoms. The molecule has 0 spiro atoms. The van der Waals surface area contributed by atoms with Crippen LogP contribution in [-0.2, 0) is 4.79 Å². The molecule has 2 N–H and O–H groups in total. The van der Waals surface area contributed by atoms with Crippen LogP contribution in [0.3, 0.4) is 0 Å². The number of carbonyl (C=O) groups is 2. The minimum atomic E-state index is -0.259. The lowest BCUT2D eigenvalue weighted by Gasteiger charge is -2.32. The molecule has 0 radical (unpaired) electrons. The summed E-state index contributed by atoms with van der Waals surface area (Å²) in [5, 5.41) is 5.89. The zero-order valence-corrected chi connectivity index (χ0v) is 10.2. The average Bonchev–Trinajstić information content (AvgIpc) is 2.67. The van der Waals surface area contributed by atoms with Gasteiger partial charge in [0, 0.05) is 25.7 Å². The van der Waals surface area contributed by atoms with Gasteiger partial charge in [0.25, 0.3) is 0 Å². The molecule has 1 atom stereocenters. The number of nitrogens with one attached hydrogen (secondary N) is 2. The fourth-order valence-electron chi connectivity index (χ4n) is 2.33. The van der Waals surface area contributed by atoms with Crippen LogP contribution in [0.5, 0.6) is 0 Å². The molecule has 0 aliphatic carbocycles. The summed E-state index contributed by atoms with van der Waals surface area (Å²) in [6.07, 6.45) is 2.38. The first-order valence-corrected chi connectivity index (χ1v) is 6.17. The van der Waals surface area contributed by atoms with Crippen LogP contribution in [0.25, 0.3) is 0 Å². The molecule has 2 fully saturated rings. The summed E-state index contributed by atoms with van der Waals surface area (Å²) in [5.41, 5.74) is 0. The number of rotatable bonds is 4. The van der Waals surface area contributed by atoms with Crippen LogP contribution < -0.4 is 10.6 Å². The van der Waals surface area contributed by atoms with Crippen LogP contribution in [0.4, 0.5) is 4.79 Å². The summed E-state index contributed by atoms with van der Waals surface area (Å²) in [7, 11) is 2.05. The first-order valence-electron chi connectivity index (χ1n) is 6.17. The minimum Gasteiger partial charge on any atom is -0.329 e. The number of likely N-dealkylation sites (N-methyl/N-ethyl adjacent to an activating group) is 1. The SMILES string of the molecule is CN(CCN1C(=O)CNC1=O)C1CCCNC1. The third-order valence-electron chi connectivity index (χ3n) is 3.51. The summed E-state index contributed by atoms with van der Waals surface area (Å²) in [5.74, 6) is -0.120. The van der Waals surface area contributed by atoms with Crippen LogP contribution >= 0.6 is 0 Å². The Morgan fingerprint density at radius 3 is 2.88 bits per heavy atom. The summed E-state index contributed by atoms with van der Waals surface area (Å²) in [4.78, 5) is 26.2. The van der Waals surface area contributed by atoms with Gasteiger partial charge in [0.1, 0.15) is 0 Å². The summed E-state index contributed by atoms with van der Waals surface area (Å²) in [6, 6.07) is 0.259. The van der Waals surface area contributed by atoms with Gasteiger partial charge >= 0.3 is 6.03 Å². The van der Waals surface area contributed by atoms with Gasteiger partial charge in [0.05, 0.1) is 6.54 Å². The van der Waals surface area contributed by atoms with E-state index in [4.69, 9.17) is 0 Å². The van der Waals surface area contributed by atoms with Gasteiger partial charge in [-0.1, -0.05) is 0 Å². The second-order valence-electron chi connectivity index (χ2n) is 4.68. The molecule has 0 saturated carbocycles. The lowest BCUT2D eigenvalue weighted by molar-refractivity contribution is -0.125. The standard InChI is InChI=1S/C11H20N4O2/c1-14(9-3-2-4-12-7-9)5-6-15-10(16)8-13-11(15)17/h9,12H,2-8H2,1H3,(H,13,17). The van der Waals surface area contributed by atoms with E-state index in [2.05, 4.69) is 22.6 Å². The van der Waals surface area contributed by atoms with Crippen molar-refractivity contribution in [3.8, 4) is 0 Å². The number of nitrogens with zero attached hydrogens (tertiary/aromatic N) is 2. The first kappa shape index (κ1) is 12.3. The highest BCUT2D eigenvalue weighted by Gasteiger charge is 2.28. The molecule has 2 aliphatic heterocycles. The fraction of sp³-hybridized carbons (Fsp3) is 0.818. The lowest BCUT2D eigenvalue weighted by Crippen LogP contribution is -2.47. The molecular formula is C11H20N4O2. The normalized spacial score (nSPS) is 25.5. The molecule has 2 heterocycles. The molecule has 0 aromatic carbocycles. The van der Waals surface area contributed by atoms with E-state index in [1.165, 1.54) is 17.7 Å². The summed E-state index contributed by atoms with van der Waals surface area (Å²) >= 11 is 0. The van der Waals surface area contributed by atoms with Crippen molar-refractivity contribution in [2.24, 2.45) is 0 Å². The van der Waals surface area contributed by atoms with Crippen molar-refractivity contribution in [3.63, 3.8) is 0 Å². The van der Waals surface area contributed by atoms with Crippen LogP contribution in [0.15, 0.2) is 0 Å². The van der Waals surface area contributed by atoms with E-state index in [-0.39, 0.29) is 18.5 Å². The molecule has 17 heavy (non-hydrogen) atoms. The van der Waals surface area contributed by atoms with Gasteiger partial charge in [-0.2, -0.15) is 0 Å². The highest BCUT2D eigenvalue weighted by Crippen LogP contribution is 2.08. The van der Waals surface area contributed by atoms with Crippen molar-refractivity contribution in [1.29, 1.82) is 0 Å². The number of carbonyl (C=O) groups excluding carboxylic acids is 2. The molecule has 2 rings (SSSR count). The second-order valence-corrected chi connectivity index (χ2v) is 4.68. The maximum atomic E-state index is 11.4. The smallest absolute Gasteiger partial charge is 0.324 e. The third-order valence-corrected chi connectivity index (χ3v) is 3.51. The summed E-state index contributed by atoms with van der Waals surface area (Å²) in [6.45, 7) is 3.46. The van der Waals surface area contributed by atoms with Gasteiger partial charge in [0.2, 0.25) is 5.91 Å². The Bertz CT molecular complexity index is 286. The van der Waals surface area contributed by atoms with Crippen LogP contribution in [0.1, 0.15) is 12.8 Å². The van der Waals surface area contributed by atoms with Crippen molar-refractivity contribution >= 4 is 11.9 Å². The lowest BCUT2D eigenvalue weighted by atomic mass is 10.1. The van der Waals surface area contributed by atoms with Crippen LogP contribution in [-0.4, -0.2) is 67.6 Å². The highest BCUT2D eigenvalue weighted by atomic mass is 16.2. The zero-order chi connectivity index (χ0) is 12.3. The van der Waals surface area contributed by atoms with Gasteiger partial charge < -0.3 is 15.5 Å². The van der Waals surface area contributed by atoms with E-state index < -0.39 is 0 Å². The third kappa shape index (κ3) is 2.95. The van der Waals surface area contributed by atoms with E-state index in [9.17, 15) is 9.59 Å². The molecule has 1 unspecified atom stereocenters. The Morgan fingerprint density at radius 2 is 2.29 bits per heavy atom. The van der Waals surface area contributed by atoms with Gasteiger partial charge in [-0.05, 0) is 26.4 Å². The van der Waals surface area contributed by atoms with Crippen molar-refractivity contribution in [2.75, 3.05) is 39.8 Å². The predicted molar refractivity (Wildman–Crippen MR) is 63.6 cm³/mol. The monoisotopic (exact) mass is 240 g/mol. The Morgan fingerprint density at radius 1 is 1.47 bits per heavy atom. The Kier molecular flexibility index (Phi) is 3.96. The van der Waals surface area contributed by atoms with Gasteiger partial charge in [0.15, 0.2) is 0 Å². The van der Waals surface area contributed by atoms with E-state index in [0.717, 1.165) is 19.6 Å². The number of imide groups is 1. The van der Waals surface area contributed by atoms with Crippen molar-refractivity contribution in [3.05, 3.63) is 0 Å². The highest BCUT2D eigenvalue weighted by molar-refractivity contribution is 6.01. The largest absolute Gasteiger partial charge is 0.329 e. The predicted octanol–water partition coefficient (Wildman–Crippen LogP) is -0.778. The molecule has 2 aliphatic rings. The Balaban J connectivity index is 1.77. The van der Waals surface area contributed by atoms with Gasteiger partial charge in [-0.25, -0.2) is 4.79 Å². The molecule has 96 valence electrons. The zero-order valence-electron chi connectivity index (χ0n) is 10.2. The van der Waals surface area contributed by atoms with E-state index in [1.807, 2.05) is 0 Å². The number of piperidine rings is 1. The molecule has 6 heteroatoms. The quantitative estimate of drug-likeness (QED) is 0.633. The average molecular weight is 240 g/mol. The van der Waals surface area contributed by atoms with Crippen molar-refractivity contribution < 1.29 is 9.59 Å². The number of urea groups is 1. The van der Waals surface area contributed by atoms with E-state index in [1.54, 1.807) is 0 Å². The second kappa shape index (κ2) is 5.46. The Labute approximate surface area is 101 Å². The molecular weight excluding hydrogens is 220 g/mol. The molecule has 6 nitrogen and oxygen atoms in total. The maximum Gasteiger partial charge on any atom is 0.324 e.